The third kappa shape index (κ3) is 2.13. The summed E-state index contributed by atoms with van der Waals surface area (Å²) in [7, 11) is 0. The van der Waals surface area contributed by atoms with E-state index in [-0.39, 0.29) is 5.88 Å². The highest BCUT2D eigenvalue weighted by Gasteiger charge is 2.19. The molecule has 0 amide bonds. The Kier molecular flexibility index (Phi) is 3.09. The van der Waals surface area contributed by atoms with E-state index < -0.39 is 5.82 Å². The molecule has 120 valence electrons. The Morgan fingerprint density at radius 2 is 2.00 bits per heavy atom. The molecule has 3 aromatic heterocycles. The van der Waals surface area contributed by atoms with Gasteiger partial charge in [0.2, 0.25) is 5.88 Å². The van der Waals surface area contributed by atoms with Gasteiger partial charge in [-0.05, 0) is 32.0 Å². The van der Waals surface area contributed by atoms with Gasteiger partial charge < -0.3 is 5.11 Å². The lowest BCUT2D eigenvalue weighted by Gasteiger charge is -2.07. The maximum atomic E-state index is 14.7. The molecule has 1 N–H and O–H groups in total. The number of nitrogens with zero attached hydrogens (tertiary/aromatic N) is 5. The maximum Gasteiger partial charge on any atom is 0.215 e. The van der Waals surface area contributed by atoms with Crippen LogP contribution in [0.1, 0.15) is 11.4 Å². The summed E-state index contributed by atoms with van der Waals surface area (Å²) in [6.45, 7) is 3.53. The Morgan fingerprint density at radius 1 is 1.17 bits per heavy atom. The SMILES string of the molecule is Cc1cc(O)n2nc(C)c(-c3ccc(-n4cccn4)cc3F)c2n1. The fraction of sp³-hybridized carbons (Fsp3) is 0.118. The van der Waals surface area contributed by atoms with Crippen LogP contribution in [0.25, 0.3) is 22.5 Å². The third-order valence-corrected chi connectivity index (χ3v) is 3.86. The highest BCUT2D eigenvalue weighted by atomic mass is 19.1. The first-order chi connectivity index (χ1) is 11.5. The monoisotopic (exact) mass is 323 g/mol. The molecule has 0 unspecified atom stereocenters. The molecule has 24 heavy (non-hydrogen) atoms. The van der Waals surface area contributed by atoms with Crippen LogP contribution in [0.5, 0.6) is 5.88 Å². The van der Waals surface area contributed by atoms with Gasteiger partial charge in [0.1, 0.15) is 5.82 Å². The van der Waals surface area contributed by atoms with Gasteiger partial charge in [-0.1, -0.05) is 0 Å². The summed E-state index contributed by atoms with van der Waals surface area (Å²) in [5.74, 6) is -0.427. The highest BCUT2D eigenvalue weighted by Crippen LogP contribution is 2.32. The van der Waals surface area contributed by atoms with Crippen molar-refractivity contribution in [3.63, 3.8) is 0 Å². The minimum atomic E-state index is -0.399. The van der Waals surface area contributed by atoms with Crippen LogP contribution in [-0.2, 0) is 0 Å². The van der Waals surface area contributed by atoms with E-state index in [1.807, 2.05) is 0 Å². The van der Waals surface area contributed by atoms with Crippen LogP contribution in [0.2, 0.25) is 0 Å². The summed E-state index contributed by atoms with van der Waals surface area (Å²) in [6.07, 6.45) is 3.38. The van der Waals surface area contributed by atoms with Gasteiger partial charge in [-0.2, -0.15) is 14.7 Å². The average molecular weight is 323 g/mol. The molecule has 0 saturated carbocycles. The smallest absolute Gasteiger partial charge is 0.215 e. The van der Waals surface area contributed by atoms with Crippen molar-refractivity contribution in [2.24, 2.45) is 0 Å². The molecule has 4 aromatic rings. The van der Waals surface area contributed by atoms with E-state index in [2.05, 4.69) is 15.2 Å². The van der Waals surface area contributed by atoms with E-state index in [0.717, 1.165) is 0 Å². The summed E-state index contributed by atoms with van der Waals surface area (Å²) in [6, 6.07) is 8.17. The zero-order valence-corrected chi connectivity index (χ0v) is 13.1. The Bertz CT molecular complexity index is 1050. The van der Waals surface area contributed by atoms with E-state index in [1.165, 1.54) is 16.6 Å². The zero-order valence-electron chi connectivity index (χ0n) is 13.1. The number of halogens is 1. The van der Waals surface area contributed by atoms with E-state index in [1.54, 1.807) is 49.1 Å². The van der Waals surface area contributed by atoms with Crippen LogP contribution in [0.3, 0.4) is 0 Å². The molecular formula is C17H14FN5O. The number of benzene rings is 1. The largest absolute Gasteiger partial charge is 0.493 e. The molecule has 0 radical (unpaired) electrons. The quantitative estimate of drug-likeness (QED) is 0.615. The van der Waals surface area contributed by atoms with Crippen molar-refractivity contribution in [1.82, 2.24) is 24.4 Å². The van der Waals surface area contributed by atoms with Crippen LogP contribution in [0.15, 0.2) is 42.7 Å². The molecule has 4 rings (SSSR count). The fourth-order valence-electron chi connectivity index (χ4n) is 2.81. The summed E-state index contributed by atoms with van der Waals surface area (Å²) >= 11 is 0. The summed E-state index contributed by atoms with van der Waals surface area (Å²) in [4.78, 5) is 4.40. The standard InChI is InChI=1S/C17H14FN5O/c1-10-8-15(24)23-17(20-10)16(11(2)21-23)13-5-4-12(9-14(13)18)22-7-3-6-19-22/h3-9,24H,1-2H3. The fourth-order valence-corrected chi connectivity index (χ4v) is 2.81. The van der Waals surface area contributed by atoms with Gasteiger partial charge in [-0.25, -0.2) is 14.1 Å². The number of hydrogen-bond acceptors (Lipinski definition) is 4. The van der Waals surface area contributed by atoms with Crippen molar-refractivity contribution in [2.75, 3.05) is 0 Å². The van der Waals surface area contributed by atoms with Gasteiger partial charge >= 0.3 is 0 Å². The number of aromatic nitrogens is 5. The van der Waals surface area contributed by atoms with Crippen LogP contribution in [0, 0.1) is 19.7 Å². The Morgan fingerprint density at radius 3 is 2.71 bits per heavy atom. The van der Waals surface area contributed by atoms with E-state index in [9.17, 15) is 9.50 Å². The second-order valence-electron chi connectivity index (χ2n) is 5.57. The van der Waals surface area contributed by atoms with Crippen LogP contribution >= 0.6 is 0 Å². The molecule has 6 nitrogen and oxygen atoms in total. The molecular weight excluding hydrogens is 309 g/mol. The topological polar surface area (TPSA) is 68.2 Å². The van der Waals surface area contributed by atoms with Crippen LogP contribution < -0.4 is 0 Å². The zero-order chi connectivity index (χ0) is 16.8. The highest BCUT2D eigenvalue weighted by molar-refractivity contribution is 5.81. The van der Waals surface area contributed by atoms with E-state index in [0.29, 0.717) is 33.8 Å². The molecule has 0 saturated heterocycles. The lowest BCUT2D eigenvalue weighted by atomic mass is 10.0. The minimum absolute atomic E-state index is 0.0274. The summed E-state index contributed by atoms with van der Waals surface area (Å²) < 4.78 is 17.7. The van der Waals surface area contributed by atoms with Crippen molar-refractivity contribution in [3.8, 4) is 22.7 Å². The van der Waals surface area contributed by atoms with E-state index in [4.69, 9.17) is 0 Å². The number of hydrogen-bond donors (Lipinski definition) is 1. The Labute approximate surface area is 136 Å². The van der Waals surface area contributed by atoms with Crippen LogP contribution in [-0.4, -0.2) is 29.5 Å². The van der Waals surface area contributed by atoms with Gasteiger partial charge in [-0.15, -0.1) is 0 Å². The predicted octanol–water partition coefficient (Wildman–Crippen LogP) is 3.04. The third-order valence-electron chi connectivity index (χ3n) is 3.86. The Balaban J connectivity index is 1.93. The normalized spacial score (nSPS) is 11.3. The molecule has 0 aliphatic carbocycles. The lowest BCUT2D eigenvalue weighted by molar-refractivity contribution is 0.434. The molecule has 0 atom stereocenters. The molecule has 7 heteroatoms. The molecule has 0 spiro atoms. The molecule has 3 heterocycles. The van der Waals surface area contributed by atoms with Crippen LogP contribution in [0.4, 0.5) is 4.39 Å². The second kappa shape index (κ2) is 5.16. The summed E-state index contributed by atoms with van der Waals surface area (Å²) in [5.41, 5.74) is 3.23. The van der Waals surface area contributed by atoms with Gasteiger partial charge in [0.05, 0.1) is 16.9 Å². The molecule has 1 aromatic carbocycles. The van der Waals surface area contributed by atoms with Crippen molar-refractivity contribution < 1.29 is 9.50 Å². The lowest BCUT2D eigenvalue weighted by Crippen LogP contribution is -1.97. The molecule has 0 bridgehead atoms. The molecule has 0 aliphatic rings. The van der Waals surface area contributed by atoms with Gasteiger partial charge in [0, 0.05) is 35.8 Å². The van der Waals surface area contributed by atoms with E-state index >= 15 is 0 Å². The second-order valence-corrected chi connectivity index (χ2v) is 5.57. The number of rotatable bonds is 2. The van der Waals surface area contributed by atoms with Gasteiger partial charge in [0.25, 0.3) is 0 Å². The van der Waals surface area contributed by atoms with Crippen molar-refractivity contribution in [3.05, 3.63) is 59.9 Å². The average Bonchev–Trinajstić information content (AvgIpc) is 3.16. The number of fused-ring (bicyclic) bond motifs is 1. The molecule has 0 aliphatic heterocycles. The van der Waals surface area contributed by atoms with Crippen molar-refractivity contribution >= 4 is 5.65 Å². The van der Waals surface area contributed by atoms with Crippen molar-refractivity contribution in [1.29, 1.82) is 0 Å². The van der Waals surface area contributed by atoms with Crippen molar-refractivity contribution in [2.45, 2.75) is 13.8 Å². The summed E-state index contributed by atoms with van der Waals surface area (Å²) in [5, 5.41) is 18.4. The van der Waals surface area contributed by atoms with Gasteiger partial charge in [-0.3, -0.25) is 0 Å². The minimum Gasteiger partial charge on any atom is -0.493 e. The molecule has 0 fully saturated rings. The first-order valence-electron chi connectivity index (χ1n) is 7.40. The Hall–Kier alpha value is -3.22. The first kappa shape index (κ1) is 14.4. The first-order valence-corrected chi connectivity index (χ1v) is 7.40. The maximum absolute atomic E-state index is 14.7. The number of aryl methyl sites for hydroxylation is 2. The number of aromatic hydroxyl groups is 1. The predicted molar refractivity (Wildman–Crippen MR) is 86.6 cm³/mol. The van der Waals surface area contributed by atoms with Gasteiger partial charge in [0.15, 0.2) is 5.65 Å².